The van der Waals surface area contributed by atoms with Gasteiger partial charge < -0.3 is 14.8 Å². The van der Waals surface area contributed by atoms with Crippen LogP contribution in [0.25, 0.3) is 11.3 Å². The highest BCUT2D eigenvalue weighted by Crippen LogP contribution is 2.23. The third-order valence-corrected chi connectivity index (χ3v) is 6.55. The molecule has 0 bridgehead atoms. The molecule has 2 saturated heterocycles. The fraction of sp³-hybridized carbons (Fsp3) is 0.393. The maximum atomic E-state index is 14.8. The molecule has 0 saturated carbocycles. The van der Waals surface area contributed by atoms with Crippen molar-refractivity contribution in [2.75, 3.05) is 31.6 Å². The van der Waals surface area contributed by atoms with E-state index in [1.807, 2.05) is 13.0 Å². The summed E-state index contributed by atoms with van der Waals surface area (Å²) >= 11 is 0. The number of hydroxylamine groups is 1. The minimum absolute atomic E-state index is 0.154. The maximum absolute atomic E-state index is 14.8. The zero-order valence-corrected chi connectivity index (χ0v) is 21.4. The first-order valence-corrected chi connectivity index (χ1v) is 12.9. The van der Waals surface area contributed by atoms with Crippen molar-refractivity contribution in [3.8, 4) is 11.3 Å². The lowest BCUT2D eigenvalue weighted by Crippen LogP contribution is -2.40. The number of amides is 1. The van der Waals surface area contributed by atoms with Crippen LogP contribution in [0.15, 0.2) is 54.7 Å². The zero-order chi connectivity index (χ0) is 26.3. The third-order valence-electron chi connectivity index (χ3n) is 6.55. The lowest BCUT2D eigenvalue weighted by Gasteiger charge is -2.31. The molecule has 3 aromatic rings. The monoisotopic (exact) mass is 521 g/mol. The molecule has 2 N–H and O–H groups in total. The number of nitrogens with one attached hydrogen (secondary N) is 2. The predicted molar refractivity (Wildman–Crippen MR) is 140 cm³/mol. The lowest BCUT2D eigenvalue weighted by atomic mass is 10.1. The number of aromatic nitrogens is 2. The second kappa shape index (κ2) is 12.4. The summed E-state index contributed by atoms with van der Waals surface area (Å²) in [4.78, 5) is 28.8. The molecule has 1 aromatic heterocycles. The van der Waals surface area contributed by atoms with Crippen LogP contribution in [-0.4, -0.2) is 59.5 Å². The van der Waals surface area contributed by atoms with Gasteiger partial charge >= 0.3 is 0 Å². The number of ether oxygens (including phenoxy) is 2. The van der Waals surface area contributed by atoms with Crippen molar-refractivity contribution in [1.82, 2.24) is 20.3 Å². The van der Waals surface area contributed by atoms with Crippen LogP contribution >= 0.6 is 0 Å². The number of rotatable bonds is 8. The van der Waals surface area contributed by atoms with E-state index >= 15 is 0 Å². The molecule has 2 aliphatic heterocycles. The summed E-state index contributed by atoms with van der Waals surface area (Å²) in [5.41, 5.74) is 5.59. The van der Waals surface area contributed by atoms with Gasteiger partial charge in [0.25, 0.3) is 5.91 Å². The SMILES string of the molecule is C[C@@H]1CN(Cc2ccc(Nc3nccc(-c4ccc(C(=O)NOC5CCCCO5)cc4)n3)cc2F)CCO1. The van der Waals surface area contributed by atoms with E-state index in [0.717, 1.165) is 37.9 Å². The van der Waals surface area contributed by atoms with Gasteiger partial charge in [-0.15, -0.1) is 0 Å². The molecular weight excluding hydrogens is 489 g/mol. The summed E-state index contributed by atoms with van der Waals surface area (Å²) in [7, 11) is 0. The minimum Gasteiger partial charge on any atom is -0.376 e. The number of carbonyl (C=O) groups excluding carboxylic acids is 1. The molecule has 2 aromatic carbocycles. The minimum atomic E-state index is -0.405. The lowest BCUT2D eigenvalue weighted by molar-refractivity contribution is -0.186. The van der Waals surface area contributed by atoms with Gasteiger partial charge in [-0.3, -0.25) is 9.69 Å². The molecular formula is C28H32FN5O4. The Bertz CT molecular complexity index is 1240. The molecule has 0 radical (unpaired) electrons. The molecule has 3 heterocycles. The van der Waals surface area contributed by atoms with Crippen LogP contribution in [0, 0.1) is 5.82 Å². The van der Waals surface area contributed by atoms with Crippen LogP contribution in [0.4, 0.5) is 16.0 Å². The molecule has 0 aliphatic carbocycles. The van der Waals surface area contributed by atoms with Crippen molar-refractivity contribution in [3.63, 3.8) is 0 Å². The van der Waals surface area contributed by atoms with E-state index in [9.17, 15) is 9.18 Å². The van der Waals surface area contributed by atoms with Gasteiger partial charge in [0.05, 0.1) is 18.4 Å². The summed E-state index contributed by atoms with van der Waals surface area (Å²) in [5, 5.41) is 3.08. The van der Waals surface area contributed by atoms with E-state index in [4.69, 9.17) is 14.3 Å². The summed E-state index contributed by atoms with van der Waals surface area (Å²) < 4.78 is 25.8. The van der Waals surface area contributed by atoms with E-state index < -0.39 is 6.29 Å². The summed E-state index contributed by atoms with van der Waals surface area (Å²) in [6.07, 6.45) is 4.16. The number of anilines is 2. The Morgan fingerprint density at radius 1 is 1.13 bits per heavy atom. The summed E-state index contributed by atoms with van der Waals surface area (Å²) in [5.74, 6) is -0.276. The highest BCUT2D eigenvalue weighted by atomic mass is 19.1. The first-order valence-electron chi connectivity index (χ1n) is 12.9. The maximum Gasteiger partial charge on any atom is 0.274 e. The molecule has 5 rings (SSSR count). The number of hydrogen-bond donors (Lipinski definition) is 2. The molecule has 1 unspecified atom stereocenters. The largest absolute Gasteiger partial charge is 0.376 e. The molecule has 200 valence electrons. The highest BCUT2D eigenvalue weighted by Gasteiger charge is 2.19. The second-order valence-electron chi connectivity index (χ2n) is 9.54. The van der Waals surface area contributed by atoms with Gasteiger partial charge in [0.1, 0.15) is 5.82 Å². The average Bonchev–Trinajstić information content (AvgIpc) is 2.94. The molecule has 9 nitrogen and oxygen atoms in total. The Morgan fingerprint density at radius 3 is 2.76 bits per heavy atom. The van der Waals surface area contributed by atoms with E-state index in [1.54, 1.807) is 42.6 Å². The quantitative estimate of drug-likeness (QED) is 0.420. The smallest absolute Gasteiger partial charge is 0.274 e. The number of hydrogen-bond acceptors (Lipinski definition) is 8. The van der Waals surface area contributed by atoms with Crippen LogP contribution < -0.4 is 10.8 Å². The van der Waals surface area contributed by atoms with Crippen molar-refractivity contribution >= 4 is 17.5 Å². The third kappa shape index (κ3) is 6.90. The Hall–Kier alpha value is -3.44. The first kappa shape index (κ1) is 26.2. The molecule has 1 amide bonds. The van der Waals surface area contributed by atoms with Gasteiger partial charge in [0.15, 0.2) is 6.29 Å². The second-order valence-corrected chi connectivity index (χ2v) is 9.54. The fourth-order valence-corrected chi connectivity index (χ4v) is 4.51. The Balaban J connectivity index is 1.19. The Labute approximate surface area is 221 Å². The Kier molecular flexibility index (Phi) is 8.54. The summed E-state index contributed by atoms with van der Waals surface area (Å²) in [6, 6.07) is 13.9. The van der Waals surface area contributed by atoms with Crippen LogP contribution in [0.3, 0.4) is 0 Å². The number of nitrogens with zero attached hydrogens (tertiary/aromatic N) is 3. The molecule has 2 atom stereocenters. The topological polar surface area (TPSA) is 97.8 Å². The van der Waals surface area contributed by atoms with Crippen LogP contribution in [0.1, 0.15) is 42.1 Å². The van der Waals surface area contributed by atoms with Gasteiger partial charge in [-0.25, -0.2) is 24.7 Å². The van der Waals surface area contributed by atoms with Crippen LogP contribution in [-0.2, 0) is 20.9 Å². The van der Waals surface area contributed by atoms with E-state index in [1.165, 1.54) is 6.07 Å². The molecule has 38 heavy (non-hydrogen) atoms. The van der Waals surface area contributed by atoms with E-state index in [0.29, 0.717) is 48.2 Å². The molecule has 2 aliphatic rings. The van der Waals surface area contributed by atoms with Crippen molar-refractivity contribution in [3.05, 3.63) is 71.7 Å². The van der Waals surface area contributed by atoms with Crippen molar-refractivity contribution in [2.45, 2.75) is 45.1 Å². The highest BCUT2D eigenvalue weighted by molar-refractivity contribution is 5.93. The van der Waals surface area contributed by atoms with Crippen molar-refractivity contribution < 1.29 is 23.5 Å². The van der Waals surface area contributed by atoms with Gasteiger partial charge in [-0.05, 0) is 50.1 Å². The van der Waals surface area contributed by atoms with Gasteiger partial charge in [0.2, 0.25) is 5.95 Å². The van der Waals surface area contributed by atoms with E-state index in [-0.39, 0.29) is 17.8 Å². The van der Waals surface area contributed by atoms with Crippen molar-refractivity contribution in [2.24, 2.45) is 0 Å². The van der Waals surface area contributed by atoms with Gasteiger partial charge in [0, 0.05) is 61.2 Å². The number of halogens is 1. The number of carbonyl (C=O) groups is 1. The number of morpholine rings is 1. The average molecular weight is 522 g/mol. The fourth-order valence-electron chi connectivity index (χ4n) is 4.51. The first-order chi connectivity index (χ1) is 18.5. The molecule has 2 fully saturated rings. The van der Waals surface area contributed by atoms with E-state index in [2.05, 4.69) is 25.7 Å². The van der Waals surface area contributed by atoms with Crippen molar-refractivity contribution in [1.29, 1.82) is 0 Å². The summed E-state index contributed by atoms with van der Waals surface area (Å²) in [6.45, 7) is 5.45. The normalized spacial score (nSPS) is 20.2. The zero-order valence-electron chi connectivity index (χ0n) is 21.4. The predicted octanol–water partition coefficient (Wildman–Crippen LogP) is 4.44. The van der Waals surface area contributed by atoms with Gasteiger partial charge in [-0.1, -0.05) is 18.2 Å². The standard InChI is InChI=1S/C28H32FN5O4/c1-19-17-34(13-15-36-19)18-22-9-10-23(16-24(22)29)31-28-30-12-11-25(32-28)20-5-7-21(8-6-20)27(35)33-38-26-4-2-3-14-37-26/h5-12,16,19,26H,2-4,13-15,17-18H2,1H3,(H,33,35)(H,30,31,32)/t19-,26?/m1/s1. The Morgan fingerprint density at radius 2 is 2.00 bits per heavy atom. The van der Waals surface area contributed by atoms with Crippen LogP contribution in [0.5, 0.6) is 0 Å². The van der Waals surface area contributed by atoms with Crippen LogP contribution in [0.2, 0.25) is 0 Å². The molecule has 0 spiro atoms. The molecule has 10 heteroatoms. The van der Waals surface area contributed by atoms with Gasteiger partial charge in [-0.2, -0.15) is 0 Å². The number of benzene rings is 2.